The summed E-state index contributed by atoms with van der Waals surface area (Å²) in [4.78, 5) is 0. The van der Waals surface area contributed by atoms with Crippen LogP contribution in [-0.4, -0.2) is 16.9 Å². The molecule has 0 aliphatic carbocycles. The van der Waals surface area contributed by atoms with Crippen LogP contribution in [0.5, 0.6) is 0 Å². The molecule has 4 heteroatoms. The van der Waals surface area contributed by atoms with E-state index < -0.39 is 0 Å². The summed E-state index contributed by atoms with van der Waals surface area (Å²) >= 11 is 2.42. The number of para-hydroxylation sites is 1. The van der Waals surface area contributed by atoms with Crippen molar-refractivity contribution in [3.63, 3.8) is 0 Å². The first-order valence-electron chi connectivity index (χ1n) is 2.34. The van der Waals surface area contributed by atoms with Gasteiger partial charge in [0.1, 0.15) is 0 Å². The monoisotopic (exact) mass is 239 g/mol. The molecule has 0 saturated carbocycles. The van der Waals surface area contributed by atoms with Gasteiger partial charge in [0.05, 0.1) is 0 Å². The van der Waals surface area contributed by atoms with Gasteiger partial charge in [-0.2, -0.15) is 0 Å². The number of benzene rings is 1. The van der Waals surface area contributed by atoms with Gasteiger partial charge in [-0.05, 0) is 0 Å². The molecular weight excluding hydrogens is 232 g/mol. The minimum atomic E-state index is 0. The molecule has 0 aromatic heterocycles. The molecule has 1 nitrogen and oxygen atoms in total. The number of nitrogen functional groups attached to an aromatic ring is 1. The number of rotatable bonds is 0. The summed E-state index contributed by atoms with van der Waals surface area (Å²) in [6.45, 7) is 0. The number of nitrogens with two attached hydrogens (primary N) is 1. The summed E-state index contributed by atoms with van der Waals surface area (Å²) in [5.74, 6) is 0. The van der Waals surface area contributed by atoms with Gasteiger partial charge in [-0.1, -0.05) is 0 Å². The Morgan fingerprint density at radius 3 is 1.90 bits per heavy atom. The summed E-state index contributed by atoms with van der Waals surface area (Å²) in [6.07, 6.45) is 0. The molecule has 0 amide bonds. The zero-order valence-electron chi connectivity index (χ0n) is 5.15. The second-order valence-electron chi connectivity index (χ2n) is 1.56. The third-order valence-corrected chi connectivity index (χ3v) is 1.79. The molecule has 1 aromatic rings. The summed E-state index contributed by atoms with van der Waals surface area (Å²) in [7, 11) is 0. The van der Waals surface area contributed by atoms with Gasteiger partial charge in [0.2, 0.25) is 0 Å². The fourth-order valence-corrected chi connectivity index (χ4v) is 0.824. The summed E-state index contributed by atoms with van der Waals surface area (Å²) in [6, 6.07) is 7.74. The maximum atomic E-state index is 5.50. The van der Waals surface area contributed by atoms with Crippen molar-refractivity contribution in [2.75, 3.05) is 5.73 Å². The van der Waals surface area contributed by atoms with E-state index in [1.165, 1.54) is 0 Å². The van der Waals surface area contributed by atoms with Gasteiger partial charge in [0.15, 0.2) is 0 Å². The minimum absolute atomic E-state index is 0. The standard InChI is InChI=1S/C6H6AsN.2ClH/c7-5-3-1-2-4-6(5)8;;/h1-4H,8H2;2*1H. The van der Waals surface area contributed by atoms with Gasteiger partial charge in [-0.3, -0.25) is 0 Å². The van der Waals surface area contributed by atoms with E-state index in [0.29, 0.717) is 0 Å². The van der Waals surface area contributed by atoms with Crippen LogP contribution in [-0.2, 0) is 0 Å². The zero-order chi connectivity index (χ0) is 5.98. The Balaban J connectivity index is 0. The van der Waals surface area contributed by atoms with Crippen LogP contribution in [0.15, 0.2) is 24.3 Å². The molecule has 0 aliphatic rings. The predicted octanol–water partition coefficient (Wildman–Crippen LogP) is 0.906. The quantitative estimate of drug-likeness (QED) is 0.529. The number of halogens is 2. The normalized spacial score (nSPS) is 7.30. The van der Waals surface area contributed by atoms with Gasteiger partial charge < -0.3 is 0 Å². The first-order chi connectivity index (χ1) is 3.80. The molecule has 0 atom stereocenters. The summed E-state index contributed by atoms with van der Waals surface area (Å²) in [5, 5.41) is 0. The molecule has 0 bridgehead atoms. The van der Waals surface area contributed by atoms with Crippen LogP contribution < -0.4 is 10.1 Å². The van der Waals surface area contributed by atoms with E-state index in [1.54, 1.807) is 0 Å². The van der Waals surface area contributed by atoms with Gasteiger partial charge in [-0.25, -0.2) is 0 Å². The molecule has 0 fully saturated rings. The molecule has 0 unspecified atom stereocenters. The van der Waals surface area contributed by atoms with Crippen LogP contribution in [0.1, 0.15) is 0 Å². The predicted molar refractivity (Wildman–Crippen MR) is 50.7 cm³/mol. The molecule has 56 valence electrons. The Bertz CT molecular complexity index is 172. The third-order valence-electron chi connectivity index (χ3n) is 0.937. The van der Waals surface area contributed by atoms with E-state index in [1.807, 2.05) is 24.3 Å². The maximum absolute atomic E-state index is 5.50. The van der Waals surface area contributed by atoms with Crippen molar-refractivity contribution in [2.45, 2.75) is 0 Å². The average molecular weight is 240 g/mol. The van der Waals surface area contributed by atoms with Gasteiger partial charge in [0, 0.05) is 0 Å². The van der Waals surface area contributed by atoms with E-state index in [2.05, 4.69) is 16.9 Å². The van der Waals surface area contributed by atoms with Gasteiger partial charge >= 0.3 is 56.9 Å². The Labute approximate surface area is 81.7 Å². The summed E-state index contributed by atoms with van der Waals surface area (Å²) < 4.78 is 1.08. The fourth-order valence-electron chi connectivity index (χ4n) is 0.488. The second-order valence-corrected chi connectivity index (χ2v) is 2.57. The number of hydrogen-bond donors (Lipinski definition) is 1. The van der Waals surface area contributed by atoms with Crippen LogP contribution in [0.2, 0.25) is 0 Å². The molecule has 0 saturated heterocycles. The van der Waals surface area contributed by atoms with E-state index in [9.17, 15) is 0 Å². The van der Waals surface area contributed by atoms with Crippen molar-refractivity contribution in [3.05, 3.63) is 24.3 Å². The van der Waals surface area contributed by atoms with Crippen LogP contribution in [0.25, 0.3) is 0 Å². The topological polar surface area (TPSA) is 26.0 Å². The van der Waals surface area contributed by atoms with Gasteiger partial charge in [0.25, 0.3) is 0 Å². The van der Waals surface area contributed by atoms with Crippen LogP contribution in [0, 0.1) is 0 Å². The Kier molecular flexibility index (Phi) is 7.56. The van der Waals surface area contributed by atoms with E-state index in [-0.39, 0.29) is 24.8 Å². The van der Waals surface area contributed by atoms with Crippen molar-refractivity contribution >= 4 is 51.7 Å². The van der Waals surface area contributed by atoms with Crippen LogP contribution in [0.4, 0.5) is 5.69 Å². The second kappa shape index (κ2) is 5.91. The van der Waals surface area contributed by atoms with E-state index in [0.717, 1.165) is 10.0 Å². The van der Waals surface area contributed by atoms with Crippen molar-refractivity contribution in [2.24, 2.45) is 0 Å². The van der Waals surface area contributed by atoms with Crippen molar-refractivity contribution in [1.29, 1.82) is 0 Å². The average Bonchev–Trinajstić information content (AvgIpc) is 1.77. The number of hydrogen-bond acceptors (Lipinski definition) is 1. The fraction of sp³-hybridized carbons (Fsp3) is 0. The molecule has 0 heterocycles. The molecule has 1 aromatic carbocycles. The SMILES string of the molecule is Cl.Cl.Nc1ccccc1[As]. The molecule has 10 heavy (non-hydrogen) atoms. The molecule has 1 rings (SSSR count). The van der Waals surface area contributed by atoms with Crippen LogP contribution >= 0.6 is 24.8 Å². The Hall–Kier alpha value is 0.158. The van der Waals surface area contributed by atoms with Crippen molar-refractivity contribution in [1.82, 2.24) is 0 Å². The molecule has 0 aliphatic heterocycles. The van der Waals surface area contributed by atoms with Crippen LogP contribution in [0.3, 0.4) is 0 Å². The zero-order valence-corrected chi connectivity index (χ0v) is 8.66. The third kappa shape index (κ3) is 3.36. The molecule has 2 N–H and O–H groups in total. The first kappa shape index (κ1) is 12.8. The van der Waals surface area contributed by atoms with Crippen molar-refractivity contribution < 1.29 is 0 Å². The molecule has 0 spiro atoms. The van der Waals surface area contributed by atoms with E-state index >= 15 is 0 Å². The number of anilines is 1. The molecular formula is C6H8AsCl2N. The Morgan fingerprint density at radius 1 is 1.10 bits per heavy atom. The van der Waals surface area contributed by atoms with Gasteiger partial charge in [-0.15, -0.1) is 24.8 Å². The van der Waals surface area contributed by atoms with E-state index in [4.69, 9.17) is 5.73 Å². The van der Waals surface area contributed by atoms with Crippen molar-refractivity contribution in [3.8, 4) is 0 Å². The molecule has 2 radical (unpaired) electrons. The first-order valence-corrected chi connectivity index (χ1v) is 3.28. The Morgan fingerprint density at radius 2 is 1.60 bits per heavy atom. The summed E-state index contributed by atoms with van der Waals surface area (Å²) in [5.41, 5.74) is 6.34.